The molecule has 19 atom stereocenters. The molecule has 8 N–H and O–H groups in total. The minimum atomic E-state index is -5.46. The first kappa shape index (κ1) is 70.2. The molecule has 1 aliphatic carbocycles. The number of carbonyl (C=O) groups is 1. The number of aliphatic hydroxyl groups is 7. The van der Waals surface area contributed by atoms with Crippen molar-refractivity contribution in [3.05, 3.63) is 0 Å². The van der Waals surface area contributed by atoms with Crippen LogP contribution in [0.4, 0.5) is 0 Å². The maximum absolute atomic E-state index is 13.6. The Balaban J connectivity index is 2.04. The molecular formula is C57H111NO16P-. The molecule has 0 spiro atoms. The number of phosphoric acid groups is 1. The number of rotatable bonds is 42. The Morgan fingerprint density at radius 2 is 0.947 bits per heavy atom. The highest BCUT2D eigenvalue weighted by molar-refractivity contribution is 7.45. The van der Waals surface area contributed by atoms with Crippen molar-refractivity contribution in [2.24, 2.45) is 47.3 Å². The number of carbonyl (C=O) groups excluding carboxylic acids is 1. The van der Waals surface area contributed by atoms with E-state index in [-0.39, 0.29) is 6.61 Å². The number of hydrogen-bond acceptors (Lipinski definition) is 16. The van der Waals surface area contributed by atoms with Crippen molar-refractivity contribution in [2.45, 2.75) is 278 Å². The van der Waals surface area contributed by atoms with Gasteiger partial charge in [-0.25, -0.2) is 0 Å². The van der Waals surface area contributed by atoms with E-state index >= 15 is 0 Å². The van der Waals surface area contributed by atoms with Crippen molar-refractivity contribution in [1.82, 2.24) is 5.32 Å². The lowest BCUT2D eigenvalue weighted by molar-refractivity contribution is -0.323. The minimum Gasteiger partial charge on any atom is -0.756 e. The average molecular weight is 1100 g/mol. The Bertz CT molecular complexity index is 1520. The SMILES string of the molecule is CC(=O)N[C@@H]1[C@@H](O[C@@H]2[C@H](O)[C@@H](O)[C@H](O)[C@@H](O)[C@@H]2OP(=O)([O-])OC[C@H](COCC[C@H](C)CCC[C@H](C)CCC[C@H](C)CCCC(C)C)OCC[C@H](C)CCC[C@H](C)CCC[C@H](C)CCCC(C)C)O[C@H](CO)[C@@H](O)[C@H]1O. The normalized spacial score (nSPS) is 29.2. The summed E-state index contributed by atoms with van der Waals surface area (Å²) >= 11 is 0. The average Bonchev–Trinajstić information content (AvgIpc) is 3.33. The predicted octanol–water partition coefficient (Wildman–Crippen LogP) is 7.98. The number of nitrogens with one attached hydrogen (secondary N) is 1. The van der Waals surface area contributed by atoms with Gasteiger partial charge in [0.2, 0.25) is 5.91 Å². The maximum Gasteiger partial charge on any atom is 0.268 e. The molecule has 2 rings (SSSR count). The van der Waals surface area contributed by atoms with Crippen molar-refractivity contribution in [3.8, 4) is 0 Å². The van der Waals surface area contributed by atoms with Crippen molar-refractivity contribution in [2.75, 3.05) is 33.0 Å². The summed E-state index contributed by atoms with van der Waals surface area (Å²) in [7, 11) is -5.46. The second kappa shape index (κ2) is 38.0. The first-order valence-electron chi connectivity index (χ1n) is 29.5. The van der Waals surface area contributed by atoms with Gasteiger partial charge in [-0.3, -0.25) is 9.36 Å². The van der Waals surface area contributed by atoms with E-state index in [1.165, 1.54) is 83.5 Å². The highest BCUT2D eigenvalue weighted by atomic mass is 31.2. The fourth-order valence-electron chi connectivity index (χ4n) is 10.5. The molecule has 75 heavy (non-hydrogen) atoms. The van der Waals surface area contributed by atoms with Gasteiger partial charge in [0, 0.05) is 20.1 Å². The van der Waals surface area contributed by atoms with E-state index < -0.39 is 100 Å². The van der Waals surface area contributed by atoms with Crippen molar-refractivity contribution in [1.29, 1.82) is 0 Å². The molecule has 1 amide bonds. The van der Waals surface area contributed by atoms with Crippen LogP contribution >= 0.6 is 7.82 Å². The van der Waals surface area contributed by atoms with Gasteiger partial charge in [-0.1, -0.05) is 185 Å². The van der Waals surface area contributed by atoms with Crippen molar-refractivity contribution in [3.63, 3.8) is 0 Å². The van der Waals surface area contributed by atoms with E-state index in [1.54, 1.807) is 0 Å². The van der Waals surface area contributed by atoms with E-state index in [2.05, 4.69) is 74.6 Å². The molecule has 1 saturated heterocycles. The second-order valence-corrected chi connectivity index (χ2v) is 25.8. The molecule has 0 aromatic heterocycles. The van der Waals surface area contributed by atoms with Gasteiger partial charge >= 0.3 is 0 Å². The number of hydrogen-bond donors (Lipinski definition) is 8. The standard InChI is InChI=1S/C57H112NO16P/c1-37(2)18-12-20-39(5)22-14-24-41(7)26-16-28-43(9)30-32-69-35-46(70-33-31-44(10)29-17-27-42(8)25-15-23-40(6)21-13-19-38(3)4)36-71-75(67,68)74-56-54(66)52(64)51(63)53(65)55(56)73-57-48(58-45(11)60)50(62)49(61)47(34-59)72-57/h37-44,46-57,59,61-66H,12-36H2,1-11H3,(H,58,60)(H,67,68)/p-1/t39-,40-,41-,42-,43-,44-,46+,47-,48+,49-,50+,51+,52+,53-,54-,55-,56+,57-/m1/s1. The number of amides is 1. The van der Waals surface area contributed by atoms with Crippen molar-refractivity contribution >= 4 is 13.7 Å². The fourth-order valence-corrected chi connectivity index (χ4v) is 11.5. The van der Waals surface area contributed by atoms with Gasteiger partial charge in [0.1, 0.15) is 67.1 Å². The molecule has 446 valence electrons. The van der Waals surface area contributed by atoms with Gasteiger partial charge in [0.05, 0.1) is 19.8 Å². The van der Waals surface area contributed by atoms with E-state index in [0.29, 0.717) is 36.9 Å². The van der Waals surface area contributed by atoms with Gasteiger partial charge < -0.3 is 74.0 Å². The molecule has 0 aromatic carbocycles. The quantitative estimate of drug-likeness (QED) is 0.0213. The highest BCUT2D eigenvalue weighted by Crippen LogP contribution is 2.44. The minimum absolute atomic E-state index is 0.0209. The van der Waals surface area contributed by atoms with Gasteiger partial charge in [-0.15, -0.1) is 0 Å². The summed E-state index contributed by atoms with van der Waals surface area (Å²) in [6.07, 6.45) is 3.58. The van der Waals surface area contributed by atoms with E-state index in [4.69, 9.17) is 28.0 Å². The van der Waals surface area contributed by atoms with Gasteiger partial charge in [0.25, 0.3) is 7.82 Å². The molecule has 1 aliphatic heterocycles. The van der Waals surface area contributed by atoms with E-state index in [0.717, 1.165) is 75.5 Å². The molecule has 2 aliphatic rings. The van der Waals surface area contributed by atoms with Crippen LogP contribution in [0.1, 0.15) is 205 Å². The third-order valence-corrected chi connectivity index (χ3v) is 16.8. The van der Waals surface area contributed by atoms with Crippen molar-refractivity contribution < 1.29 is 78.0 Å². The maximum atomic E-state index is 13.6. The molecule has 0 bridgehead atoms. The topological polar surface area (TPSA) is 266 Å². The molecule has 2 fully saturated rings. The number of phosphoric ester groups is 1. The summed E-state index contributed by atoms with van der Waals surface area (Å²) in [6.45, 7) is 23.6. The first-order valence-corrected chi connectivity index (χ1v) is 30.9. The van der Waals surface area contributed by atoms with Crippen LogP contribution < -0.4 is 10.2 Å². The Hall–Kier alpha value is -0.860. The third kappa shape index (κ3) is 28.9. The molecule has 1 unspecified atom stereocenters. The summed E-state index contributed by atoms with van der Waals surface area (Å²) in [5.74, 6) is 4.53. The van der Waals surface area contributed by atoms with Gasteiger partial charge in [-0.2, -0.15) is 0 Å². The predicted molar refractivity (Wildman–Crippen MR) is 290 cm³/mol. The van der Waals surface area contributed by atoms with Crippen LogP contribution in [0.5, 0.6) is 0 Å². The third-order valence-electron chi connectivity index (χ3n) is 15.8. The monoisotopic (exact) mass is 1100 g/mol. The van der Waals surface area contributed by atoms with Crippen LogP contribution in [-0.4, -0.2) is 148 Å². The zero-order valence-electron chi connectivity index (χ0n) is 48.5. The summed E-state index contributed by atoms with van der Waals surface area (Å²) in [4.78, 5) is 25.7. The van der Waals surface area contributed by atoms with Crippen LogP contribution in [0, 0.1) is 47.3 Å². The molecule has 0 radical (unpaired) electrons. The summed E-state index contributed by atoms with van der Waals surface area (Å²) in [5.41, 5.74) is 0. The molecule has 1 heterocycles. The first-order chi connectivity index (χ1) is 35.3. The molecule has 18 heteroatoms. The van der Waals surface area contributed by atoms with Crippen LogP contribution in [0.25, 0.3) is 0 Å². The zero-order chi connectivity index (χ0) is 56.3. The largest absolute Gasteiger partial charge is 0.756 e. The summed E-state index contributed by atoms with van der Waals surface area (Å²) in [6, 6.07) is -1.54. The number of ether oxygens (including phenoxy) is 4. The zero-order valence-corrected chi connectivity index (χ0v) is 49.4. The van der Waals surface area contributed by atoms with E-state index in [9.17, 15) is 50.0 Å². The molecule has 0 aromatic rings. The lowest BCUT2D eigenvalue weighted by Gasteiger charge is -2.48. The Morgan fingerprint density at radius 3 is 1.36 bits per heavy atom. The van der Waals surface area contributed by atoms with Crippen LogP contribution in [-0.2, 0) is 37.4 Å². The number of aliphatic hydroxyl groups excluding tert-OH is 7. The fraction of sp³-hybridized carbons (Fsp3) is 0.982. The lowest BCUT2D eigenvalue weighted by Crippen LogP contribution is -2.69. The van der Waals surface area contributed by atoms with Gasteiger partial charge in [-0.05, 0) is 60.2 Å². The summed E-state index contributed by atoms with van der Waals surface area (Å²) in [5, 5.41) is 76.8. The smallest absolute Gasteiger partial charge is 0.268 e. The Morgan fingerprint density at radius 1 is 0.547 bits per heavy atom. The van der Waals surface area contributed by atoms with Crippen LogP contribution in [0.3, 0.4) is 0 Å². The lowest BCUT2D eigenvalue weighted by atomic mass is 9.84. The second-order valence-electron chi connectivity index (χ2n) is 24.5. The Kier molecular flexibility index (Phi) is 35.6. The Labute approximate surface area is 453 Å². The molecular weight excluding hydrogens is 986 g/mol. The highest BCUT2D eigenvalue weighted by Gasteiger charge is 2.55. The van der Waals surface area contributed by atoms with Gasteiger partial charge in [0.15, 0.2) is 6.29 Å². The van der Waals surface area contributed by atoms with Crippen LogP contribution in [0.2, 0.25) is 0 Å². The molecule has 1 saturated carbocycles. The van der Waals surface area contributed by atoms with Crippen LogP contribution in [0.15, 0.2) is 0 Å². The summed E-state index contributed by atoms with van der Waals surface area (Å²) < 4.78 is 48.0. The molecule has 17 nitrogen and oxygen atoms in total. The van der Waals surface area contributed by atoms with E-state index in [1.807, 2.05) is 0 Å².